The van der Waals surface area contributed by atoms with Gasteiger partial charge in [0.15, 0.2) is 0 Å². The van der Waals surface area contributed by atoms with Gasteiger partial charge in [0.2, 0.25) is 5.91 Å². The summed E-state index contributed by atoms with van der Waals surface area (Å²) >= 11 is 0. The fraction of sp³-hybridized carbons (Fsp3) is 0.923. The van der Waals surface area contributed by atoms with E-state index in [1.54, 1.807) is 0 Å². The summed E-state index contributed by atoms with van der Waals surface area (Å²) in [4.78, 5) is 16.4. The predicted molar refractivity (Wildman–Crippen MR) is 68.8 cm³/mol. The van der Waals surface area contributed by atoms with Crippen molar-refractivity contribution in [3.63, 3.8) is 0 Å². The molecule has 1 aliphatic rings. The van der Waals surface area contributed by atoms with Crippen molar-refractivity contribution in [2.24, 2.45) is 0 Å². The molecule has 1 N–H and O–H groups in total. The molecule has 2 unspecified atom stereocenters. The Bertz CT molecular complexity index is 273. The molecule has 1 heterocycles. The number of hydrogen-bond donors (Lipinski definition) is 1. The van der Waals surface area contributed by atoms with Crippen molar-refractivity contribution in [2.75, 3.05) is 20.2 Å². The second-order valence-electron chi connectivity index (χ2n) is 5.98. The monoisotopic (exact) mass is 242 g/mol. The van der Waals surface area contributed by atoms with Gasteiger partial charge >= 0.3 is 0 Å². The number of nitrogens with zero attached hydrogens (tertiary/aromatic N) is 2. The molecule has 1 amide bonds. The van der Waals surface area contributed by atoms with Crippen LogP contribution in [-0.4, -0.2) is 58.6 Å². The van der Waals surface area contributed by atoms with Gasteiger partial charge < -0.3 is 10.0 Å². The molecule has 0 spiro atoms. The van der Waals surface area contributed by atoms with E-state index in [1.165, 1.54) is 0 Å². The third-order valence-corrected chi connectivity index (χ3v) is 3.72. The summed E-state index contributed by atoms with van der Waals surface area (Å²) in [6.45, 7) is 9.43. The first-order valence-electron chi connectivity index (χ1n) is 6.43. The molecule has 2 atom stereocenters. The molecule has 1 fully saturated rings. The molecule has 0 saturated carbocycles. The van der Waals surface area contributed by atoms with Gasteiger partial charge in [0.05, 0.1) is 6.04 Å². The minimum Gasteiger partial charge on any atom is -0.396 e. The molecule has 0 aromatic carbocycles. The lowest BCUT2D eigenvalue weighted by atomic mass is 10.0. The van der Waals surface area contributed by atoms with E-state index in [0.717, 1.165) is 13.0 Å². The van der Waals surface area contributed by atoms with Crippen LogP contribution >= 0.6 is 0 Å². The van der Waals surface area contributed by atoms with Crippen LogP contribution in [0, 0.1) is 0 Å². The lowest BCUT2D eigenvalue weighted by molar-refractivity contribution is -0.137. The normalized spacial score (nSPS) is 28.4. The summed E-state index contributed by atoms with van der Waals surface area (Å²) in [6, 6.07) is 0.0889. The average molecular weight is 242 g/mol. The Morgan fingerprint density at radius 3 is 2.47 bits per heavy atom. The molecule has 17 heavy (non-hydrogen) atoms. The van der Waals surface area contributed by atoms with Gasteiger partial charge in [-0.25, -0.2) is 0 Å². The molecule has 0 aliphatic carbocycles. The first-order chi connectivity index (χ1) is 7.79. The van der Waals surface area contributed by atoms with Crippen LogP contribution in [0.4, 0.5) is 0 Å². The van der Waals surface area contributed by atoms with Crippen LogP contribution in [-0.2, 0) is 4.79 Å². The maximum Gasteiger partial charge on any atom is 0.240 e. The Kier molecular flexibility index (Phi) is 4.55. The van der Waals surface area contributed by atoms with E-state index in [2.05, 4.69) is 32.6 Å². The molecule has 1 rings (SSSR count). The van der Waals surface area contributed by atoms with E-state index >= 15 is 0 Å². The zero-order valence-corrected chi connectivity index (χ0v) is 11.7. The Morgan fingerprint density at radius 2 is 2.00 bits per heavy atom. The standard InChI is InChI=1S/C13H26N2O2/c1-10-6-8-15(13(2,3)4)11(7-9-16)12(17)14(10)5/h10-11,16H,6-9H2,1-5H3. The van der Waals surface area contributed by atoms with Crippen LogP contribution in [0.3, 0.4) is 0 Å². The molecular formula is C13H26N2O2. The van der Waals surface area contributed by atoms with E-state index in [4.69, 9.17) is 5.11 Å². The largest absolute Gasteiger partial charge is 0.396 e. The van der Waals surface area contributed by atoms with Crippen molar-refractivity contribution >= 4 is 5.91 Å². The minimum atomic E-state index is -0.185. The van der Waals surface area contributed by atoms with Crippen LogP contribution < -0.4 is 0 Å². The summed E-state index contributed by atoms with van der Waals surface area (Å²) in [5.74, 6) is 0.138. The molecule has 100 valence electrons. The second kappa shape index (κ2) is 5.36. The molecule has 0 aromatic heterocycles. The number of rotatable bonds is 2. The molecule has 4 heteroatoms. The highest BCUT2D eigenvalue weighted by molar-refractivity contribution is 5.82. The highest BCUT2D eigenvalue weighted by Gasteiger charge is 2.38. The Labute approximate surface area is 105 Å². The number of aliphatic hydroxyl groups excluding tert-OH is 1. The maximum atomic E-state index is 12.4. The van der Waals surface area contributed by atoms with Crippen LogP contribution in [0.5, 0.6) is 0 Å². The maximum absolute atomic E-state index is 12.4. The van der Waals surface area contributed by atoms with Crippen molar-refractivity contribution in [1.82, 2.24) is 9.80 Å². The number of aliphatic hydroxyl groups is 1. The van der Waals surface area contributed by atoms with Gasteiger partial charge in [0.1, 0.15) is 0 Å². The van der Waals surface area contributed by atoms with Crippen molar-refractivity contribution in [2.45, 2.75) is 58.2 Å². The van der Waals surface area contributed by atoms with E-state index < -0.39 is 0 Å². The first kappa shape index (κ1) is 14.5. The van der Waals surface area contributed by atoms with E-state index in [-0.39, 0.29) is 30.1 Å². The summed E-state index contributed by atoms with van der Waals surface area (Å²) in [5.41, 5.74) is -0.0413. The lowest BCUT2D eigenvalue weighted by Gasteiger charge is -2.39. The van der Waals surface area contributed by atoms with Gasteiger partial charge in [-0.3, -0.25) is 9.69 Å². The Morgan fingerprint density at radius 1 is 1.41 bits per heavy atom. The molecule has 0 radical (unpaired) electrons. The van der Waals surface area contributed by atoms with Gasteiger partial charge in [0, 0.05) is 31.8 Å². The van der Waals surface area contributed by atoms with Crippen LogP contribution in [0.2, 0.25) is 0 Å². The molecular weight excluding hydrogens is 216 g/mol. The lowest BCUT2D eigenvalue weighted by Crippen LogP contribution is -2.53. The zero-order chi connectivity index (χ0) is 13.2. The summed E-state index contributed by atoms with van der Waals surface area (Å²) in [5, 5.41) is 9.17. The molecule has 4 nitrogen and oxygen atoms in total. The number of carbonyl (C=O) groups is 1. The fourth-order valence-corrected chi connectivity index (χ4v) is 2.47. The molecule has 0 aromatic rings. The van der Waals surface area contributed by atoms with Gasteiger partial charge in [-0.05, 0) is 40.5 Å². The third kappa shape index (κ3) is 3.19. The highest BCUT2D eigenvalue weighted by Crippen LogP contribution is 2.25. The Hall–Kier alpha value is -0.610. The van der Waals surface area contributed by atoms with Gasteiger partial charge in [-0.2, -0.15) is 0 Å². The fourth-order valence-electron chi connectivity index (χ4n) is 2.47. The smallest absolute Gasteiger partial charge is 0.240 e. The average Bonchev–Trinajstić information content (AvgIpc) is 2.32. The zero-order valence-electron chi connectivity index (χ0n) is 11.7. The summed E-state index contributed by atoms with van der Waals surface area (Å²) in [7, 11) is 1.86. The highest BCUT2D eigenvalue weighted by atomic mass is 16.3. The number of amides is 1. The minimum absolute atomic E-state index is 0.0413. The number of hydrogen-bond acceptors (Lipinski definition) is 3. The Balaban J connectivity index is 2.98. The number of likely N-dealkylation sites (N-methyl/N-ethyl adjacent to an activating group) is 1. The van der Waals surface area contributed by atoms with Crippen LogP contribution in [0.15, 0.2) is 0 Å². The summed E-state index contributed by atoms with van der Waals surface area (Å²) in [6.07, 6.45) is 1.51. The molecule has 1 saturated heterocycles. The van der Waals surface area contributed by atoms with Crippen molar-refractivity contribution in [3.8, 4) is 0 Å². The van der Waals surface area contributed by atoms with E-state index in [0.29, 0.717) is 6.42 Å². The van der Waals surface area contributed by atoms with Crippen LogP contribution in [0.1, 0.15) is 40.5 Å². The van der Waals surface area contributed by atoms with Crippen molar-refractivity contribution < 1.29 is 9.90 Å². The van der Waals surface area contributed by atoms with Crippen molar-refractivity contribution in [1.29, 1.82) is 0 Å². The van der Waals surface area contributed by atoms with Gasteiger partial charge in [0.25, 0.3) is 0 Å². The van der Waals surface area contributed by atoms with Gasteiger partial charge in [-0.1, -0.05) is 0 Å². The summed E-state index contributed by atoms with van der Waals surface area (Å²) < 4.78 is 0. The van der Waals surface area contributed by atoms with Crippen LogP contribution in [0.25, 0.3) is 0 Å². The molecule has 1 aliphatic heterocycles. The third-order valence-electron chi connectivity index (χ3n) is 3.72. The van der Waals surface area contributed by atoms with E-state index in [1.807, 2.05) is 11.9 Å². The van der Waals surface area contributed by atoms with Crippen molar-refractivity contribution in [3.05, 3.63) is 0 Å². The quantitative estimate of drug-likeness (QED) is 0.788. The first-order valence-corrected chi connectivity index (χ1v) is 6.43. The predicted octanol–water partition coefficient (Wildman–Crippen LogP) is 1.09. The van der Waals surface area contributed by atoms with Gasteiger partial charge in [-0.15, -0.1) is 0 Å². The number of carbonyl (C=O) groups excluding carboxylic acids is 1. The second-order valence-corrected chi connectivity index (χ2v) is 5.98. The SMILES string of the molecule is CC1CCN(C(C)(C)C)C(CCO)C(=O)N1C. The van der Waals surface area contributed by atoms with E-state index in [9.17, 15) is 4.79 Å². The topological polar surface area (TPSA) is 43.8 Å². The molecule has 0 bridgehead atoms.